The van der Waals surface area contributed by atoms with Gasteiger partial charge in [0, 0.05) is 44.2 Å². The fourth-order valence-electron chi connectivity index (χ4n) is 5.68. The molecule has 1 saturated heterocycles. The topological polar surface area (TPSA) is 63.3 Å². The molecular formula is C28H29N7. The molecule has 7 heteroatoms. The monoisotopic (exact) mass is 463 g/mol. The van der Waals surface area contributed by atoms with Gasteiger partial charge in [-0.25, -0.2) is 9.97 Å². The smallest absolute Gasteiger partial charge is 0.157 e. The minimum Gasteiger partial charge on any atom is -0.355 e. The van der Waals surface area contributed by atoms with Gasteiger partial charge in [-0.05, 0) is 37.1 Å². The average molecular weight is 464 g/mol. The van der Waals surface area contributed by atoms with E-state index < -0.39 is 0 Å². The van der Waals surface area contributed by atoms with Crippen LogP contribution in [0.15, 0.2) is 66.9 Å². The van der Waals surface area contributed by atoms with E-state index in [1.54, 1.807) is 0 Å². The van der Waals surface area contributed by atoms with Crippen LogP contribution in [0.2, 0.25) is 0 Å². The van der Waals surface area contributed by atoms with Crippen LogP contribution in [0, 0.1) is 0 Å². The summed E-state index contributed by atoms with van der Waals surface area (Å²) in [6, 6.07) is 21.3. The van der Waals surface area contributed by atoms with Gasteiger partial charge < -0.3 is 14.8 Å². The number of nitrogens with zero attached hydrogens (tertiary/aromatic N) is 6. The maximum absolute atomic E-state index is 5.12. The first kappa shape index (κ1) is 20.6. The standard InChI is InChI=1S/C28H29N7/c1-2-6-20(7-3-1)13-17-34-25-9-5-4-8-24(25)32-27(34)21-18-33(19-21)28-22-10-14-29-15-11-23(22)31-26-12-16-30-35(26)28/h1-9,12,16,21,29H,10-11,13-15,17-19H2. The molecule has 0 bridgehead atoms. The fourth-order valence-corrected chi connectivity index (χ4v) is 5.68. The summed E-state index contributed by atoms with van der Waals surface area (Å²) in [6.07, 6.45) is 4.83. The van der Waals surface area contributed by atoms with E-state index in [1.807, 2.05) is 16.8 Å². The van der Waals surface area contributed by atoms with E-state index in [0.717, 1.165) is 63.2 Å². The summed E-state index contributed by atoms with van der Waals surface area (Å²) >= 11 is 0. The van der Waals surface area contributed by atoms with Crippen molar-refractivity contribution in [3.63, 3.8) is 0 Å². The van der Waals surface area contributed by atoms with Gasteiger partial charge in [0.2, 0.25) is 0 Å². The molecule has 176 valence electrons. The van der Waals surface area contributed by atoms with Crippen LogP contribution in [0.1, 0.15) is 28.6 Å². The van der Waals surface area contributed by atoms with Gasteiger partial charge in [-0.15, -0.1) is 0 Å². The van der Waals surface area contributed by atoms with E-state index in [4.69, 9.17) is 9.97 Å². The van der Waals surface area contributed by atoms with E-state index in [-0.39, 0.29) is 0 Å². The number of para-hydroxylation sites is 2. The number of hydrogen-bond acceptors (Lipinski definition) is 5. The van der Waals surface area contributed by atoms with Crippen molar-refractivity contribution in [2.45, 2.75) is 31.7 Å². The number of anilines is 1. The van der Waals surface area contributed by atoms with Crippen molar-refractivity contribution >= 4 is 22.5 Å². The Bertz CT molecular complexity index is 1490. The minimum absolute atomic E-state index is 0.400. The molecule has 0 saturated carbocycles. The number of nitrogens with one attached hydrogen (secondary N) is 1. The molecule has 2 aliphatic rings. The molecule has 5 heterocycles. The van der Waals surface area contributed by atoms with E-state index in [9.17, 15) is 0 Å². The third-order valence-electron chi connectivity index (χ3n) is 7.48. The van der Waals surface area contributed by atoms with Crippen molar-refractivity contribution in [1.82, 2.24) is 29.5 Å². The summed E-state index contributed by atoms with van der Waals surface area (Å²) in [7, 11) is 0. The van der Waals surface area contributed by atoms with Crippen molar-refractivity contribution in [3.05, 3.63) is 89.5 Å². The lowest BCUT2D eigenvalue weighted by Gasteiger charge is -2.41. The summed E-state index contributed by atoms with van der Waals surface area (Å²) in [5.41, 5.74) is 7.20. The summed E-state index contributed by atoms with van der Waals surface area (Å²) in [6.45, 7) is 4.82. The van der Waals surface area contributed by atoms with Crippen LogP contribution in [-0.4, -0.2) is 50.3 Å². The van der Waals surface area contributed by atoms with Crippen molar-refractivity contribution in [2.24, 2.45) is 0 Å². The predicted octanol–water partition coefficient (Wildman–Crippen LogP) is 3.61. The number of aromatic nitrogens is 5. The average Bonchev–Trinajstić information content (AvgIpc) is 3.39. The second kappa shape index (κ2) is 8.50. The molecule has 0 amide bonds. The second-order valence-corrected chi connectivity index (χ2v) is 9.66. The summed E-state index contributed by atoms with van der Waals surface area (Å²) in [5.74, 6) is 2.83. The zero-order valence-corrected chi connectivity index (χ0v) is 19.8. The molecule has 3 aromatic heterocycles. The van der Waals surface area contributed by atoms with Gasteiger partial charge in [0.25, 0.3) is 0 Å². The first-order chi connectivity index (χ1) is 17.3. The van der Waals surface area contributed by atoms with Crippen LogP contribution in [0.3, 0.4) is 0 Å². The van der Waals surface area contributed by atoms with Gasteiger partial charge in [0.05, 0.1) is 28.8 Å². The molecule has 0 spiro atoms. The van der Waals surface area contributed by atoms with Crippen molar-refractivity contribution < 1.29 is 0 Å². The largest absolute Gasteiger partial charge is 0.355 e. The highest BCUT2D eigenvalue weighted by Gasteiger charge is 2.36. The molecule has 0 atom stereocenters. The van der Waals surface area contributed by atoms with Gasteiger partial charge in [-0.1, -0.05) is 42.5 Å². The second-order valence-electron chi connectivity index (χ2n) is 9.66. The number of benzene rings is 2. The van der Waals surface area contributed by atoms with Gasteiger partial charge in [0.1, 0.15) is 11.6 Å². The molecule has 1 N–H and O–H groups in total. The Morgan fingerprint density at radius 1 is 0.886 bits per heavy atom. The van der Waals surface area contributed by atoms with Crippen molar-refractivity contribution in [1.29, 1.82) is 0 Å². The number of imidazole rings is 1. The van der Waals surface area contributed by atoms with Crippen molar-refractivity contribution in [2.75, 3.05) is 31.1 Å². The molecular weight excluding hydrogens is 434 g/mol. The molecule has 1 fully saturated rings. The quantitative estimate of drug-likeness (QED) is 0.431. The van der Waals surface area contributed by atoms with E-state index in [1.165, 1.54) is 34.0 Å². The van der Waals surface area contributed by atoms with Crippen LogP contribution < -0.4 is 10.2 Å². The molecule has 2 aromatic carbocycles. The third-order valence-corrected chi connectivity index (χ3v) is 7.48. The van der Waals surface area contributed by atoms with Gasteiger partial charge in [-0.3, -0.25) is 0 Å². The molecule has 0 radical (unpaired) electrons. The van der Waals surface area contributed by atoms with Gasteiger partial charge >= 0.3 is 0 Å². The Balaban J connectivity index is 1.21. The molecule has 5 aromatic rings. The Hall–Kier alpha value is -3.71. The van der Waals surface area contributed by atoms with Gasteiger partial charge in [0.15, 0.2) is 5.65 Å². The van der Waals surface area contributed by atoms with Crippen LogP contribution in [0.25, 0.3) is 16.7 Å². The lowest BCUT2D eigenvalue weighted by Crippen LogP contribution is -2.47. The lowest BCUT2D eigenvalue weighted by molar-refractivity contribution is 0.469. The number of hydrogen-bond donors (Lipinski definition) is 1. The minimum atomic E-state index is 0.400. The number of aryl methyl sites for hydroxylation is 2. The summed E-state index contributed by atoms with van der Waals surface area (Å²) < 4.78 is 4.49. The normalized spacial score (nSPS) is 16.4. The van der Waals surface area contributed by atoms with Gasteiger partial charge in [-0.2, -0.15) is 9.61 Å². The highest BCUT2D eigenvalue weighted by molar-refractivity contribution is 5.76. The summed E-state index contributed by atoms with van der Waals surface area (Å²) in [4.78, 5) is 12.5. The van der Waals surface area contributed by atoms with E-state index >= 15 is 0 Å². The number of rotatable bonds is 5. The maximum atomic E-state index is 5.12. The van der Waals surface area contributed by atoms with Crippen LogP contribution in [0.5, 0.6) is 0 Å². The van der Waals surface area contributed by atoms with E-state index in [0.29, 0.717) is 5.92 Å². The van der Waals surface area contributed by atoms with Crippen LogP contribution in [0.4, 0.5) is 5.82 Å². The molecule has 0 aliphatic carbocycles. The predicted molar refractivity (Wildman–Crippen MR) is 138 cm³/mol. The highest BCUT2D eigenvalue weighted by Crippen LogP contribution is 2.36. The Kier molecular flexibility index (Phi) is 5.01. The Morgan fingerprint density at radius 2 is 1.71 bits per heavy atom. The lowest BCUT2D eigenvalue weighted by atomic mass is 9.97. The van der Waals surface area contributed by atoms with Crippen LogP contribution >= 0.6 is 0 Å². The summed E-state index contributed by atoms with van der Waals surface area (Å²) in [5, 5.41) is 8.17. The molecule has 35 heavy (non-hydrogen) atoms. The SMILES string of the molecule is c1ccc(CCn2c(C3CN(c4c5c(nc6ccnn46)CCNCC5)C3)nc3ccccc32)cc1. The zero-order valence-electron chi connectivity index (χ0n) is 19.8. The third kappa shape index (κ3) is 3.58. The molecule has 7 nitrogen and oxygen atoms in total. The fraction of sp³-hybridized carbons (Fsp3) is 0.321. The molecule has 2 aliphatic heterocycles. The van der Waals surface area contributed by atoms with Crippen molar-refractivity contribution in [3.8, 4) is 0 Å². The first-order valence-electron chi connectivity index (χ1n) is 12.7. The van der Waals surface area contributed by atoms with E-state index in [2.05, 4.69) is 74.5 Å². The number of fused-ring (bicyclic) bond motifs is 3. The Labute approximate surface area is 204 Å². The maximum Gasteiger partial charge on any atom is 0.157 e. The van der Waals surface area contributed by atoms with Crippen LogP contribution in [-0.2, 0) is 25.8 Å². The molecule has 0 unspecified atom stereocenters. The zero-order chi connectivity index (χ0) is 23.2. The first-order valence-corrected chi connectivity index (χ1v) is 12.7. The Morgan fingerprint density at radius 3 is 2.63 bits per heavy atom. The molecule has 7 rings (SSSR count). The highest BCUT2D eigenvalue weighted by atomic mass is 15.4.